The van der Waals surface area contributed by atoms with E-state index >= 15 is 0 Å². The molecule has 3 aliphatic rings. The average molecular weight is 966 g/mol. The summed E-state index contributed by atoms with van der Waals surface area (Å²) in [7, 11) is 0. The van der Waals surface area contributed by atoms with Crippen molar-refractivity contribution in [3.8, 4) is 0 Å². The second-order valence-corrected chi connectivity index (χ2v) is 18.3. The Balaban J connectivity index is 1.44. The fourth-order valence-electron chi connectivity index (χ4n) is 8.52. The van der Waals surface area contributed by atoms with Crippen LogP contribution >= 0.6 is 0 Å². The third-order valence-corrected chi connectivity index (χ3v) is 12.8. The number of unbranched alkanes of at least 4 members (excludes halogenated alkanes) is 14. The lowest BCUT2D eigenvalue weighted by atomic mass is 9.96. The van der Waals surface area contributed by atoms with E-state index in [0.717, 1.165) is 44.9 Å². The van der Waals surface area contributed by atoms with Crippen LogP contribution in [0.25, 0.3) is 0 Å². The highest BCUT2D eigenvalue weighted by atomic mass is 16.8. The number of carbonyl (C=O) groups is 1. The van der Waals surface area contributed by atoms with Gasteiger partial charge in [-0.2, -0.15) is 0 Å². The Morgan fingerprint density at radius 2 is 0.985 bits per heavy atom. The van der Waals surface area contributed by atoms with Gasteiger partial charge in [0.05, 0.1) is 38.6 Å². The van der Waals surface area contributed by atoms with Gasteiger partial charge in [0.2, 0.25) is 5.91 Å². The number of aliphatic hydroxyl groups excluding tert-OH is 11. The summed E-state index contributed by atoms with van der Waals surface area (Å²) in [5, 5.41) is 119. The maximum atomic E-state index is 13.1. The molecule has 0 radical (unpaired) electrons. The lowest BCUT2D eigenvalue weighted by Crippen LogP contribution is -2.66. The standard InChI is InChI=1S/C48H87NO18/c1-3-5-7-8-9-10-11-12-13-14-15-16-17-18-19-20-21-22-24-26-36(54)49-31(32(53)25-23-6-4-2)30-62-46-42(60)39(57)44(34(28-51)64-46)67-48-43(61)40(58)45(35(29-52)65-48)66-47-41(59)38(56)37(55)33(27-50)63-47/h9-10,12-13,31-35,37-48,50-53,55-61H,3-8,11,14-30H2,1-2H3,(H,49,54)/b10-9-,13-12-. The van der Waals surface area contributed by atoms with Gasteiger partial charge < -0.3 is 89.9 Å². The first-order chi connectivity index (χ1) is 32.3. The molecule has 0 aromatic rings. The van der Waals surface area contributed by atoms with Crippen LogP contribution in [0.3, 0.4) is 0 Å². The fraction of sp³-hybridized carbons (Fsp3) is 0.896. The van der Waals surface area contributed by atoms with Crippen molar-refractivity contribution >= 4 is 5.91 Å². The molecule has 19 heteroatoms. The molecular weight excluding hydrogens is 879 g/mol. The van der Waals surface area contributed by atoms with Gasteiger partial charge in [0.15, 0.2) is 18.9 Å². The van der Waals surface area contributed by atoms with Crippen molar-refractivity contribution in [1.82, 2.24) is 5.32 Å². The summed E-state index contributed by atoms with van der Waals surface area (Å²) in [5.41, 5.74) is 0. The minimum absolute atomic E-state index is 0.259. The molecule has 19 nitrogen and oxygen atoms in total. The van der Waals surface area contributed by atoms with E-state index in [1.54, 1.807) is 0 Å². The number of hydrogen-bond donors (Lipinski definition) is 12. The topological polar surface area (TPSA) is 307 Å². The van der Waals surface area contributed by atoms with Gasteiger partial charge in [-0.05, 0) is 44.9 Å². The van der Waals surface area contributed by atoms with Crippen LogP contribution in [0.4, 0.5) is 0 Å². The number of amides is 1. The molecule has 0 aliphatic carbocycles. The molecule has 3 heterocycles. The van der Waals surface area contributed by atoms with Gasteiger partial charge in [-0.25, -0.2) is 0 Å². The molecule has 0 saturated carbocycles. The largest absolute Gasteiger partial charge is 0.394 e. The Hall–Kier alpha value is -1.73. The normalized spacial score (nSPS) is 33.7. The maximum Gasteiger partial charge on any atom is 0.220 e. The average Bonchev–Trinajstić information content (AvgIpc) is 3.32. The van der Waals surface area contributed by atoms with Crippen molar-refractivity contribution in [2.24, 2.45) is 0 Å². The van der Waals surface area contributed by atoms with E-state index < -0.39 is 124 Å². The monoisotopic (exact) mass is 966 g/mol. The van der Waals surface area contributed by atoms with Crippen molar-refractivity contribution in [1.29, 1.82) is 0 Å². The summed E-state index contributed by atoms with van der Waals surface area (Å²) in [5.74, 6) is -0.262. The first-order valence-electron chi connectivity index (χ1n) is 25.1. The van der Waals surface area contributed by atoms with Crippen LogP contribution in [0.1, 0.15) is 142 Å². The Morgan fingerprint density at radius 1 is 0.537 bits per heavy atom. The summed E-state index contributed by atoms with van der Waals surface area (Å²) >= 11 is 0. The smallest absolute Gasteiger partial charge is 0.220 e. The number of rotatable bonds is 34. The Labute approximate surface area is 397 Å². The van der Waals surface area contributed by atoms with Gasteiger partial charge in [0.1, 0.15) is 73.2 Å². The molecule has 0 aromatic heterocycles. The van der Waals surface area contributed by atoms with Crippen LogP contribution in [0.2, 0.25) is 0 Å². The van der Waals surface area contributed by atoms with Gasteiger partial charge in [-0.3, -0.25) is 4.79 Å². The molecule has 3 rings (SSSR count). The van der Waals surface area contributed by atoms with E-state index in [0.29, 0.717) is 19.3 Å². The summed E-state index contributed by atoms with van der Waals surface area (Å²) < 4.78 is 33.9. The van der Waals surface area contributed by atoms with Crippen LogP contribution in [0.5, 0.6) is 0 Å². The van der Waals surface area contributed by atoms with Crippen LogP contribution in [-0.4, -0.2) is 193 Å². The molecule has 17 unspecified atom stereocenters. The SMILES string of the molecule is CCCCC/C=C\C/C=C\CCCCCCCCCCCC(=O)NC(COC1OC(CO)C(OC2OC(CO)C(OC3OC(CO)C(O)C(O)C3O)C(O)C2O)C(O)C1O)C(O)CCCCC. The number of nitrogens with one attached hydrogen (secondary N) is 1. The number of ether oxygens (including phenoxy) is 6. The van der Waals surface area contributed by atoms with Crippen molar-refractivity contribution in [2.45, 2.75) is 247 Å². The van der Waals surface area contributed by atoms with Crippen LogP contribution in [0.15, 0.2) is 24.3 Å². The van der Waals surface area contributed by atoms with Gasteiger partial charge in [-0.15, -0.1) is 0 Å². The highest BCUT2D eigenvalue weighted by Crippen LogP contribution is 2.33. The highest BCUT2D eigenvalue weighted by molar-refractivity contribution is 5.76. The fourth-order valence-corrected chi connectivity index (χ4v) is 8.52. The molecule has 3 aliphatic heterocycles. The van der Waals surface area contributed by atoms with Gasteiger partial charge in [0, 0.05) is 6.42 Å². The predicted molar refractivity (Wildman–Crippen MR) is 245 cm³/mol. The molecule has 67 heavy (non-hydrogen) atoms. The van der Waals surface area contributed by atoms with E-state index in [1.807, 2.05) is 6.92 Å². The molecule has 17 atom stereocenters. The summed E-state index contributed by atoms with van der Waals surface area (Å²) in [4.78, 5) is 13.1. The van der Waals surface area contributed by atoms with E-state index in [4.69, 9.17) is 28.4 Å². The molecule has 0 spiro atoms. The van der Waals surface area contributed by atoms with Crippen LogP contribution in [-0.2, 0) is 33.2 Å². The number of hydrogen-bond acceptors (Lipinski definition) is 18. The first kappa shape index (κ1) is 59.6. The molecule has 392 valence electrons. The van der Waals surface area contributed by atoms with Crippen LogP contribution in [0, 0.1) is 0 Å². The Kier molecular flexibility index (Phi) is 30.0. The maximum absolute atomic E-state index is 13.1. The minimum Gasteiger partial charge on any atom is -0.394 e. The van der Waals surface area contributed by atoms with Gasteiger partial charge >= 0.3 is 0 Å². The lowest BCUT2D eigenvalue weighted by Gasteiger charge is -2.48. The predicted octanol–water partition coefficient (Wildman–Crippen LogP) is 1.25. The quantitative estimate of drug-likeness (QED) is 0.0319. The van der Waals surface area contributed by atoms with Crippen molar-refractivity contribution < 1.29 is 89.4 Å². The second kappa shape index (κ2) is 33.8. The van der Waals surface area contributed by atoms with Crippen LogP contribution < -0.4 is 5.32 Å². The van der Waals surface area contributed by atoms with E-state index in [9.17, 15) is 61.0 Å². The first-order valence-corrected chi connectivity index (χ1v) is 25.1. The summed E-state index contributed by atoms with van der Waals surface area (Å²) in [6.07, 6.45) is 2.62. The molecule has 0 bridgehead atoms. The molecule has 12 N–H and O–H groups in total. The zero-order valence-corrected chi connectivity index (χ0v) is 39.9. The molecule has 0 aromatic carbocycles. The third kappa shape index (κ3) is 20.1. The number of carbonyl (C=O) groups excluding carboxylic acids is 1. The zero-order valence-electron chi connectivity index (χ0n) is 39.9. The van der Waals surface area contributed by atoms with Gasteiger partial charge in [-0.1, -0.05) is 115 Å². The lowest BCUT2D eigenvalue weighted by molar-refractivity contribution is -0.379. The molecule has 3 fully saturated rings. The molecular formula is C48H87NO18. The van der Waals surface area contributed by atoms with E-state index in [2.05, 4.69) is 36.5 Å². The van der Waals surface area contributed by atoms with E-state index in [-0.39, 0.29) is 18.9 Å². The highest BCUT2D eigenvalue weighted by Gasteiger charge is 2.53. The minimum atomic E-state index is -1.97. The Bertz CT molecular complexity index is 1340. The molecule has 3 saturated heterocycles. The zero-order chi connectivity index (χ0) is 49.1. The third-order valence-electron chi connectivity index (χ3n) is 12.8. The van der Waals surface area contributed by atoms with E-state index in [1.165, 1.54) is 57.8 Å². The Morgan fingerprint density at radius 3 is 1.52 bits per heavy atom. The number of allylic oxidation sites excluding steroid dienone is 4. The van der Waals surface area contributed by atoms with Gasteiger partial charge in [0.25, 0.3) is 0 Å². The summed E-state index contributed by atoms with van der Waals surface area (Å²) in [6.45, 7) is 1.54. The second-order valence-electron chi connectivity index (χ2n) is 18.3. The van der Waals surface area contributed by atoms with Crippen molar-refractivity contribution in [2.75, 3.05) is 26.4 Å². The molecule has 1 amide bonds. The van der Waals surface area contributed by atoms with Crippen molar-refractivity contribution in [3.63, 3.8) is 0 Å². The number of aliphatic hydroxyl groups is 11. The van der Waals surface area contributed by atoms with Crippen molar-refractivity contribution in [3.05, 3.63) is 24.3 Å². The summed E-state index contributed by atoms with van der Waals surface area (Å²) in [6, 6.07) is -0.882.